The van der Waals surface area contributed by atoms with Crippen molar-refractivity contribution < 1.29 is 4.79 Å². The maximum Gasteiger partial charge on any atom is 0.322 e. The summed E-state index contributed by atoms with van der Waals surface area (Å²) in [5.41, 5.74) is 1.90. The molecule has 1 fully saturated rings. The minimum absolute atomic E-state index is 0.0596. The van der Waals surface area contributed by atoms with E-state index in [0.717, 1.165) is 30.5 Å². The molecule has 2 amide bonds. The number of carbonyl (C=O) groups excluding carboxylic acids is 1. The third-order valence-corrected chi connectivity index (χ3v) is 5.95. The second-order valence-electron chi connectivity index (χ2n) is 7.08. The SMILES string of the molecule is CC1CN(c2nc(Cc3ccccc3)ns2)CCN1C(=O)Nc1cccc(Cl)c1. The fourth-order valence-electron chi connectivity index (χ4n) is 3.42. The van der Waals surface area contributed by atoms with Crippen LogP contribution >= 0.6 is 23.1 Å². The second kappa shape index (κ2) is 8.80. The van der Waals surface area contributed by atoms with E-state index in [1.54, 1.807) is 12.1 Å². The number of urea groups is 1. The zero-order chi connectivity index (χ0) is 20.2. The third kappa shape index (κ3) is 4.86. The highest BCUT2D eigenvalue weighted by Crippen LogP contribution is 2.23. The number of aromatic nitrogens is 2. The molecule has 0 radical (unpaired) electrons. The van der Waals surface area contributed by atoms with Gasteiger partial charge in [0.15, 0.2) is 0 Å². The molecule has 0 bridgehead atoms. The van der Waals surface area contributed by atoms with Gasteiger partial charge in [-0.1, -0.05) is 48.0 Å². The molecule has 150 valence electrons. The highest BCUT2D eigenvalue weighted by Gasteiger charge is 2.29. The van der Waals surface area contributed by atoms with Gasteiger partial charge in [0.25, 0.3) is 0 Å². The molecule has 0 saturated carbocycles. The summed E-state index contributed by atoms with van der Waals surface area (Å²) in [6, 6.07) is 17.4. The van der Waals surface area contributed by atoms with Crippen LogP contribution in [0.25, 0.3) is 0 Å². The third-order valence-electron chi connectivity index (χ3n) is 4.90. The zero-order valence-electron chi connectivity index (χ0n) is 16.1. The summed E-state index contributed by atoms with van der Waals surface area (Å²) in [6.07, 6.45) is 0.731. The van der Waals surface area contributed by atoms with Gasteiger partial charge >= 0.3 is 6.03 Å². The molecule has 1 aliphatic heterocycles. The van der Waals surface area contributed by atoms with Gasteiger partial charge in [-0.2, -0.15) is 4.37 Å². The van der Waals surface area contributed by atoms with Gasteiger partial charge in [0, 0.05) is 54.3 Å². The van der Waals surface area contributed by atoms with Gasteiger partial charge in [0.2, 0.25) is 5.13 Å². The number of halogens is 1. The summed E-state index contributed by atoms with van der Waals surface area (Å²) in [5.74, 6) is 0.838. The number of carbonyl (C=O) groups is 1. The molecule has 1 aliphatic rings. The summed E-state index contributed by atoms with van der Waals surface area (Å²) in [6.45, 7) is 4.13. The average molecular weight is 428 g/mol. The summed E-state index contributed by atoms with van der Waals surface area (Å²) in [7, 11) is 0. The van der Waals surface area contributed by atoms with Crippen molar-refractivity contribution in [1.29, 1.82) is 0 Å². The maximum atomic E-state index is 12.7. The Labute approximate surface area is 179 Å². The smallest absolute Gasteiger partial charge is 0.322 e. The molecular formula is C21H22ClN5OS. The van der Waals surface area contributed by atoms with Gasteiger partial charge in [-0.3, -0.25) is 0 Å². The van der Waals surface area contributed by atoms with Crippen molar-refractivity contribution in [3.8, 4) is 0 Å². The lowest BCUT2D eigenvalue weighted by Crippen LogP contribution is -2.55. The van der Waals surface area contributed by atoms with E-state index in [0.29, 0.717) is 17.3 Å². The topological polar surface area (TPSA) is 61.4 Å². The van der Waals surface area contributed by atoms with Crippen molar-refractivity contribution in [2.24, 2.45) is 0 Å². The van der Waals surface area contributed by atoms with E-state index in [9.17, 15) is 4.79 Å². The molecule has 1 N–H and O–H groups in total. The molecule has 4 rings (SSSR count). The quantitative estimate of drug-likeness (QED) is 0.664. The Hall–Kier alpha value is -2.64. The predicted molar refractivity (Wildman–Crippen MR) is 118 cm³/mol. The maximum absolute atomic E-state index is 12.7. The van der Waals surface area contributed by atoms with Crippen molar-refractivity contribution in [3.05, 3.63) is 71.0 Å². The van der Waals surface area contributed by atoms with Crippen LogP contribution < -0.4 is 10.2 Å². The van der Waals surface area contributed by atoms with E-state index in [1.807, 2.05) is 35.2 Å². The lowest BCUT2D eigenvalue weighted by molar-refractivity contribution is 0.185. The van der Waals surface area contributed by atoms with Crippen LogP contribution in [0.2, 0.25) is 5.02 Å². The van der Waals surface area contributed by atoms with Crippen molar-refractivity contribution in [2.75, 3.05) is 29.9 Å². The van der Waals surface area contributed by atoms with Crippen molar-refractivity contribution in [2.45, 2.75) is 19.4 Å². The Kier molecular flexibility index (Phi) is 5.97. The summed E-state index contributed by atoms with van der Waals surface area (Å²) in [4.78, 5) is 21.4. The number of amides is 2. The molecule has 2 heterocycles. The number of nitrogens with zero attached hydrogens (tertiary/aromatic N) is 4. The van der Waals surface area contributed by atoms with E-state index in [4.69, 9.17) is 16.6 Å². The van der Waals surface area contributed by atoms with Crippen LogP contribution in [-0.4, -0.2) is 46.0 Å². The van der Waals surface area contributed by atoms with E-state index < -0.39 is 0 Å². The second-order valence-corrected chi connectivity index (χ2v) is 8.25. The van der Waals surface area contributed by atoms with E-state index in [1.165, 1.54) is 17.1 Å². The Morgan fingerprint density at radius 2 is 2.03 bits per heavy atom. The van der Waals surface area contributed by atoms with Gasteiger partial charge in [-0.15, -0.1) is 0 Å². The fourth-order valence-corrected chi connectivity index (χ4v) is 4.33. The van der Waals surface area contributed by atoms with Gasteiger partial charge in [0.05, 0.1) is 0 Å². The highest BCUT2D eigenvalue weighted by atomic mass is 35.5. The standard InChI is InChI=1S/C21H22ClN5OS/c1-15-14-26(21-24-19(25-29-21)12-16-6-3-2-4-7-16)10-11-27(15)20(28)23-18-9-5-8-17(22)13-18/h2-9,13,15H,10-12,14H2,1H3,(H,23,28). The molecular weight excluding hydrogens is 406 g/mol. The Bertz CT molecular complexity index is 980. The van der Waals surface area contributed by atoms with Gasteiger partial charge in [-0.25, -0.2) is 9.78 Å². The van der Waals surface area contributed by atoms with Crippen LogP contribution in [0.5, 0.6) is 0 Å². The monoisotopic (exact) mass is 427 g/mol. The number of hydrogen-bond donors (Lipinski definition) is 1. The molecule has 2 aromatic carbocycles. The minimum atomic E-state index is -0.110. The number of anilines is 2. The molecule has 1 unspecified atom stereocenters. The molecule has 0 aliphatic carbocycles. The first-order valence-electron chi connectivity index (χ1n) is 9.53. The van der Waals surface area contributed by atoms with Crippen LogP contribution in [0.1, 0.15) is 18.3 Å². The number of nitrogens with one attached hydrogen (secondary N) is 1. The molecule has 0 spiro atoms. The van der Waals surface area contributed by atoms with Gasteiger partial charge in [0.1, 0.15) is 5.82 Å². The molecule has 1 aromatic heterocycles. The van der Waals surface area contributed by atoms with Crippen LogP contribution in [0, 0.1) is 0 Å². The number of piperazine rings is 1. The Morgan fingerprint density at radius 1 is 1.21 bits per heavy atom. The highest BCUT2D eigenvalue weighted by molar-refractivity contribution is 7.09. The number of rotatable bonds is 4. The van der Waals surface area contributed by atoms with Crippen molar-refractivity contribution in [1.82, 2.24) is 14.3 Å². The van der Waals surface area contributed by atoms with E-state index in [-0.39, 0.29) is 12.1 Å². The van der Waals surface area contributed by atoms with E-state index in [2.05, 4.69) is 33.6 Å². The lowest BCUT2D eigenvalue weighted by atomic mass is 10.1. The summed E-state index contributed by atoms with van der Waals surface area (Å²) >= 11 is 7.42. The first kappa shape index (κ1) is 19.7. The normalized spacial score (nSPS) is 16.7. The van der Waals surface area contributed by atoms with E-state index >= 15 is 0 Å². The molecule has 1 atom stereocenters. The molecule has 3 aromatic rings. The first-order valence-corrected chi connectivity index (χ1v) is 10.7. The van der Waals surface area contributed by atoms with Crippen molar-refractivity contribution >= 4 is 40.0 Å². The van der Waals surface area contributed by atoms with Crippen LogP contribution in [0.15, 0.2) is 54.6 Å². The molecule has 8 heteroatoms. The van der Waals surface area contributed by atoms with Crippen LogP contribution in [0.3, 0.4) is 0 Å². The Balaban J connectivity index is 1.36. The van der Waals surface area contributed by atoms with Crippen LogP contribution in [0.4, 0.5) is 15.6 Å². The molecule has 29 heavy (non-hydrogen) atoms. The number of benzene rings is 2. The largest absolute Gasteiger partial charge is 0.343 e. The van der Waals surface area contributed by atoms with Crippen LogP contribution in [-0.2, 0) is 6.42 Å². The number of hydrogen-bond acceptors (Lipinski definition) is 5. The summed E-state index contributed by atoms with van der Waals surface area (Å²) in [5, 5.41) is 4.44. The molecule has 1 saturated heterocycles. The van der Waals surface area contributed by atoms with Crippen molar-refractivity contribution in [3.63, 3.8) is 0 Å². The lowest BCUT2D eigenvalue weighted by Gasteiger charge is -2.39. The minimum Gasteiger partial charge on any atom is -0.343 e. The molecule has 6 nitrogen and oxygen atoms in total. The predicted octanol–water partition coefficient (Wildman–Crippen LogP) is 4.52. The van der Waals surface area contributed by atoms with Gasteiger partial charge in [-0.05, 0) is 30.7 Å². The fraction of sp³-hybridized carbons (Fsp3) is 0.286. The zero-order valence-corrected chi connectivity index (χ0v) is 17.7. The summed E-state index contributed by atoms with van der Waals surface area (Å²) < 4.78 is 4.51. The Morgan fingerprint density at radius 3 is 2.79 bits per heavy atom. The first-order chi connectivity index (χ1) is 14.1. The average Bonchev–Trinajstić information content (AvgIpc) is 3.17. The van der Waals surface area contributed by atoms with Gasteiger partial charge < -0.3 is 15.1 Å².